The molecule has 1 rings (SSSR count). The summed E-state index contributed by atoms with van der Waals surface area (Å²) >= 11 is 3.15. The maximum atomic E-state index is 13.0. The fourth-order valence-electron chi connectivity index (χ4n) is 0.824. The van der Waals surface area contributed by atoms with Gasteiger partial charge in [-0.3, -0.25) is 4.18 Å². The molecule has 6 heteroatoms. The van der Waals surface area contributed by atoms with Crippen LogP contribution in [0.25, 0.3) is 0 Å². The zero-order chi connectivity index (χ0) is 10.8. The lowest BCUT2D eigenvalue weighted by Gasteiger charge is -2.03. The van der Waals surface area contributed by atoms with E-state index in [0.29, 0.717) is 4.47 Å². The number of hydrogen-bond acceptors (Lipinski definition) is 3. The first-order chi connectivity index (χ1) is 6.38. The normalized spacial score (nSPS) is 11.6. The van der Waals surface area contributed by atoms with Crippen LogP contribution in [-0.2, 0) is 20.9 Å². The monoisotopic (exact) mass is 282 g/mol. The Morgan fingerprint density at radius 3 is 2.71 bits per heavy atom. The zero-order valence-electron chi connectivity index (χ0n) is 7.33. The average molecular weight is 283 g/mol. The van der Waals surface area contributed by atoms with Crippen LogP contribution in [0.4, 0.5) is 4.39 Å². The minimum absolute atomic E-state index is 0.199. The molecule has 0 bridgehead atoms. The molecular formula is C8H8BrFO3S. The van der Waals surface area contributed by atoms with Gasteiger partial charge in [0.05, 0.1) is 12.9 Å². The van der Waals surface area contributed by atoms with Gasteiger partial charge < -0.3 is 0 Å². The lowest BCUT2D eigenvalue weighted by Crippen LogP contribution is -2.03. The summed E-state index contributed by atoms with van der Waals surface area (Å²) in [6.07, 6.45) is 0.920. The molecule has 78 valence electrons. The van der Waals surface area contributed by atoms with Crippen LogP contribution in [0.1, 0.15) is 5.56 Å². The molecule has 0 saturated carbocycles. The van der Waals surface area contributed by atoms with Crippen LogP contribution < -0.4 is 0 Å². The van der Waals surface area contributed by atoms with E-state index in [1.807, 2.05) is 0 Å². The predicted molar refractivity (Wildman–Crippen MR) is 53.7 cm³/mol. The Hall–Kier alpha value is -0.460. The van der Waals surface area contributed by atoms with E-state index in [0.717, 1.165) is 6.26 Å². The first-order valence-electron chi connectivity index (χ1n) is 3.67. The van der Waals surface area contributed by atoms with Crippen molar-refractivity contribution in [2.24, 2.45) is 0 Å². The minimum Gasteiger partial charge on any atom is -0.265 e. The van der Waals surface area contributed by atoms with Crippen molar-refractivity contribution in [3.63, 3.8) is 0 Å². The molecule has 14 heavy (non-hydrogen) atoms. The molecule has 0 aliphatic heterocycles. The third-order valence-corrected chi connectivity index (χ3v) is 2.48. The fourth-order valence-corrected chi connectivity index (χ4v) is 1.57. The SMILES string of the molecule is CS(=O)(=O)OCc1cc(Br)ccc1F. The van der Waals surface area contributed by atoms with Crippen LogP contribution in [0.3, 0.4) is 0 Å². The van der Waals surface area contributed by atoms with Crippen molar-refractivity contribution in [2.75, 3.05) is 6.26 Å². The molecule has 0 saturated heterocycles. The number of rotatable bonds is 3. The van der Waals surface area contributed by atoms with Crippen molar-refractivity contribution in [3.05, 3.63) is 34.1 Å². The molecule has 0 unspecified atom stereocenters. The van der Waals surface area contributed by atoms with Crippen LogP contribution in [0.5, 0.6) is 0 Å². The zero-order valence-corrected chi connectivity index (χ0v) is 9.73. The molecule has 3 nitrogen and oxygen atoms in total. The van der Waals surface area contributed by atoms with Gasteiger partial charge in [-0.25, -0.2) is 4.39 Å². The van der Waals surface area contributed by atoms with E-state index in [1.54, 1.807) is 0 Å². The summed E-state index contributed by atoms with van der Waals surface area (Å²) in [5.74, 6) is -0.489. The quantitative estimate of drug-likeness (QED) is 0.797. The second-order valence-electron chi connectivity index (χ2n) is 2.70. The maximum Gasteiger partial charge on any atom is 0.264 e. The summed E-state index contributed by atoms with van der Waals surface area (Å²) in [4.78, 5) is 0. The highest BCUT2D eigenvalue weighted by Gasteiger charge is 2.07. The number of halogens is 2. The molecule has 0 spiro atoms. The van der Waals surface area contributed by atoms with Crippen molar-refractivity contribution in [3.8, 4) is 0 Å². The van der Waals surface area contributed by atoms with E-state index in [2.05, 4.69) is 20.1 Å². The third-order valence-electron chi connectivity index (χ3n) is 1.44. The second-order valence-corrected chi connectivity index (χ2v) is 5.26. The molecule has 0 heterocycles. The summed E-state index contributed by atoms with van der Waals surface area (Å²) in [6.45, 7) is -0.288. The Morgan fingerprint density at radius 1 is 1.50 bits per heavy atom. The van der Waals surface area contributed by atoms with E-state index in [9.17, 15) is 12.8 Å². The molecular weight excluding hydrogens is 275 g/mol. The van der Waals surface area contributed by atoms with Crippen LogP contribution in [-0.4, -0.2) is 14.7 Å². The summed E-state index contributed by atoms with van der Waals surface area (Å²) in [5, 5.41) is 0. The minimum atomic E-state index is -3.53. The first kappa shape index (κ1) is 11.6. The first-order valence-corrected chi connectivity index (χ1v) is 6.28. The third kappa shape index (κ3) is 3.73. The smallest absolute Gasteiger partial charge is 0.264 e. The number of hydrogen-bond donors (Lipinski definition) is 0. The molecule has 0 amide bonds. The van der Waals surface area contributed by atoms with E-state index in [4.69, 9.17) is 0 Å². The van der Waals surface area contributed by atoms with Crippen molar-refractivity contribution in [1.82, 2.24) is 0 Å². The number of benzene rings is 1. The van der Waals surface area contributed by atoms with Gasteiger partial charge in [-0.2, -0.15) is 8.42 Å². The van der Waals surface area contributed by atoms with Gasteiger partial charge in [0.25, 0.3) is 10.1 Å². The highest BCUT2D eigenvalue weighted by molar-refractivity contribution is 9.10. The highest BCUT2D eigenvalue weighted by Crippen LogP contribution is 2.16. The molecule has 0 aliphatic carbocycles. The van der Waals surface area contributed by atoms with E-state index in [1.165, 1.54) is 18.2 Å². The summed E-state index contributed by atoms with van der Waals surface area (Å²) in [6, 6.07) is 4.24. The van der Waals surface area contributed by atoms with Crippen LogP contribution in [0.15, 0.2) is 22.7 Å². The van der Waals surface area contributed by atoms with Gasteiger partial charge in [0.1, 0.15) is 5.82 Å². The summed E-state index contributed by atoms with van der Waals surface area (Å²) < 4.78 is 39.5. The molecule has 0 fully saturated rings. The van der Waals surface area contributed by atoms with Crippen LogP contribution in [0.2, 0.25) is 0 Å². The molecule has 0 aromatic heterocycles. The molecule has 0 radical (unpaired) electrons. The summed E-state index contributed by atoms with van der Waals surface area (Å²) in [5.41, 5.74) is 0.199. The van der Waals surface area contributed by atoms with Crippen LogP contribution in [0, 0.1) is 5.82 Å². The predicted octanol–water partition coefficient (Wildman–Crippen LogP) is 2.06. The largest absolute Gasteiger partial charge is 0.265 e. The topological polar surface area (TPSA) is 43.4 Å². The Bertz CT molecular complexity index is 430. The van der Waals surface area contributed by atoms with Gasteiger partial charge in [-0.1, -0.05) is 15.9 Å². The van der Waals surface area contributed by atoms with Crippen molar-refractivity contribution in [1.29, 1.82) is 0 Å². The van der Waals surface area contributed by atoms with Crippen molar-refractivity contribution < 1.29 is 17.0 Å². The lowest BCUT2D eigenvalue weighted by molar-refractivity contribution is 0.305. The Kier molecular flexibility index (Phi) is 3.63. The van der Waals surface area contributed by atoms with Crippen molar-refractivity contribution in [2.45, 2.75) is 6.61 Å². The Labute approximate surface area is 90.1 Å². The highest BCUT2D eigenvalue weighted by atomic mass is 79.9. The Morgan fingerprint density at radius 2 is 2.14 bits per heavy atom. The van der Waals surface area contributed by atoms with Crippen LogP contribution >= 0.6 is 15.9 Å². The van der Waals surface area contributed by atoms with Gasteiger partial charge in [-0.05, 0) is 18.2 Å². The van der Waals surface area contributed by atoms with Gasteiger partial charge in [0.15, 0.2) is 0 Å². The Balaban J connectivity index is 2.81. The standard InChI is InChI=1S/C8H8BrFO3S/c1-14(11,12)13-5-6-4-7(9)2-3-8(6)10/h2-4H,5H2,1H3. The molecule has 0 aliphatic rings. The van der Waals surface area contributed by atoms with Gasteiger partial charge in [0, 0.05) is 10.0 Å². The average Bonchev–Trinajstić information content (AvgIpc) is 2.05. The van der Waals surface area contributed by atoms with Gasteiger partial charge in [-0.15, -0.1) is 0 Å². The molecule has 0 atom stereocenters. The van der Waals surface area contributed by atoms with E-state index in [-0.39, 0.29) is 12.2 Å². The van der Waals surface area contributed by atoms with Gasteiger partial charge in [0.2, 0.25) is 0 Å². The molecule has 1 aromatic rings. The van der Waals surface area contributed by atoms with Gasteiger partial charge >= 0.3 is 0 Å². The molecule has 1 aromatic carbocycles. The summed E-state index contributed by atoms with van der Waals surface area (Å²) in [7, 11) is -3.53. The maximum absolute atomic E-state index is 13.0. The fraction of sp³-hybridized carbons (Fsp3) is 0.250. The van der Waals surface area contributed by atoms with E-state index < -0.39 is 15.9 Å². The van der Waals surface area contributed by atoms with Crippen molar-refractivity contribution >= 4 is 26.0 Å². The molecule has 0 N–H and O–H groups in total. The lowest BCUT2D eigenvalue weighted by atomic mass is 10.2. The second kappa shape index (κ2) is 4.37. The van der Waals surface area contributed by atoms with E-state index >= 15 is 0 Å².